The van der Waals surface area contributed by atoms with Crippen LogP contribution in [0.2, 0.25) is 0 Å². The molecule has 21 heavy (non-hydrogen) atoms. The largest absolute Gasteiger partial charge is 0.469 e. The van der Waals surface area contributed by atoms with E-state index in [4.69, 9.17) is 4.74 Å². The van der Waals surface area contributed by atoms with Gasteiger partial charge in [-0.15, -0.1) is 0 Å². The van der Waals surface area contributed by atoms with Gasteiger partial charge in [0.25, 0.3) is 5.92 Å². The van der Waals surface area contributed by atoms with Crippen molar-refractivity contribution in [3.05, 3.63) is 0 Å². The van der Waals surface area contributed by atoms with E-state index in [1.807, 2.05) is 0 Å². The van der Waals surface area contributed by atoms with Crippen molar-refractivity contribution < 1.29 is 27.8 Å². The number of esters is 1. The lowest BCUT2D eigenvalue weighted by Gasteiger charge is -2.38. The zero-order valence-electron chi connectivity index (χ0n) is 12.7. The maximum absolute atomic E-state index is 13.9. The summed E-state index contributed by atoms with van der Waals surface area (Å²) in [6.07, 6.45) is -1.03. The second kappa shape index (κ2) is 5.10. The van der Waals surface area contributed by atoms with E-state index in [1.54, 1.807) is 20.8 Å². The van der Waals surface area contributed by atoms with Gasteiger partial charge in [0.1, 0.15) is 5.60 Å². The van der Waals surface area contributed by atoms with Crippen LogP contribution in [0.15, 0.2) is 0 Å². The number of methoxy groups -OCH3 is 1. The van der Waals surface area contributed by atoms with Crippen molar-refractivity contribution >= 4 is 12.1 Å². The first-order valence-electron chi connectivity index (χ1n) is 7.01. The molecular formula is C14H21F2NO4. The van der Waals surface area contributed by atoms with Crippen LogP contribution in [0, 0.1) is 5.92 Å². The SMILES string of the molecule is COC(=O)C[C@H]1C2CC(CC2(F)F)N1C(=O)OC(C)(C)C. The van der Waals surface area contributed by atoms with Gasteiger partial charge >= 0.3 is 12.1 Å². The number of likely N-dealkylation sites (tertiary alicyclic amines) is 1. The van der Waals surface area contributed by atoms with Crippen LogP contribution < -0.4 is 0 Å². The number of hydrogen-bond acceptors (Lipinski definition) is 4. The fourth-order valence-electron chi connectivity index (χ4n) is 3.22. The first-order chi connectivity index (χ1) is 9.55. The van der Waals surface area contributed by atoms with Crippen molar-refractivity contribution in [3.63, 3.8) is 0 Å². The average Bonchev–Trinajstić information content (AvgIpc) is 2.79. The number of piperidine rings is 1. The minimum absolute atomic E-state index is 0.202. The van der Waals surface area contributed by atoms with Gasteiger partial charge < -0.3 is 14.4 Å². The molecule has 2 unspecified atom stereocenters. The van der Waals surface area contributed by atoms with Crippen molar-refractivity contribution in [1.29, 1.82) is 0 Å². The molecule has 2 fully saturated rings. The molecular weight excluding hydrogens is 284 g/mol. The lowest BCUT2D eigenvalue weighted by atomic mass is 9.93. The van der Waals surface area contributed by atoms with Crippen LogP contribution in [-0.4, -0.2) is 47.7 Å². The first kappa shape index (κ1) is 16.0. The number of rotatable bonds is 2. The maximum atomic E-state index is 13.9. The van der Waals surface area contributed by atoms with Crippen molar-refractivity contribution in [3.8, 4) is 0 Å². The van der Waals surface area contributed by atoms with Crippen LogP contribution >= 0.6 is 0 Å². The lowest BCUT2D eigenvalue weighted by molar-refractivity contribution is -0.145. The molecule has 0 spiro atoms. The van der Waals surface area contributed by atoms with Gasteiger partial charge in [0.05, 0.1) is 19.6 Å². The lowest BCUT2D eigenvalue weighted by Crippen LogP contribution is -2.53. The van der Waals surface area contributed by atoms with Crippen LogP contribution in [0.3, 0.4) is 0 Å². The van der Waals surface area contributed by atoms with Gasteiger partial charge in [-0.05, 0) is 27.2 Å². The molecule has 0 N–H and O–H groups in total. The zero-order chi connectivity index (χ0) is 16.0. The van der Waals surface area contributed by atoms with E-state index in [-0.39, 0.29) is 19.3 Å². The Bertz CT molecular complexity index is 447. The number of carbonyl (C=O) groups is 2. The highest BCUT2D eigenvalue weighted by Crippen LogP contribution is 2.52. The summed E-state index contributed by atoms with van der Waals surface area (Å²) in [6, 6.07) is -1.43. The maximum Gasteiger partial charge on any atom is 0.410 e. The van der Waals surface area contributed by atoms with Crippen molar-refractivity contribution in [2.75, 3.05) is 7.11 Å². The third-order valence-corrected chi connectivity index (χ3v) is 4.00. The van der Waals surface area contributed by atoms with Crippen molar-refractivity contribution in [2.24, 2.45) is 5.92 Å². The molecule has 0 aromatic rings. The Balaban J connectivity index is 2.19. The van der Waals surface area contributed by atoms with Gasteiger partial charge in [0, 0.05) is 18.4 Å². The highest BCUT2D eigenvalue weighted by Gasteiger charge is 2.63. The minimum Gasteiger partial charge on any atom is -0.469 e. The molecule has 0 aromatic heterocycles. The van der Waals surface area contributed by atoms with E-state index < -0.39 is 41.6 Å². The van der Waals surface area contributed by atoms with Gasteiger partial charge in [-0.3, -0.25) is 4.79 Å². The summed E-state index contributed by atoms with van der Waals surface area (Å²) < 4.78 is 37.6. The standard InChI is InChI=1S/C14H21F2NO4/c1-13(2,3)21-12(19)17-8-5-9(14(15,16)7-8)10(17)6-11(18)20-4/h8-10H,5-7H2,1-4H3/t8?,9?,10-/m0/s1. The second-order valence-corrected chi connectivity index (χ2v) is 6.70. The Morgan fingerprint density at radius 1 is 1.33 bits per heavy atom. The molecule has 7 heteroatoms. The van der Waals surface area contributed by atoms with Gasteiger partial charge in [0.2, 0.25) is 0 Å². The second-order valence-electron chi connectivity index (χ2n) is 6.70. The van der Waals surface area contributed by atoms with Crippen LogP contribution in [0.5, 0.6) is 0 Å². The number of nitrogens with zero attached hydrogens (tertiary/aromatic N) is 1. The molecule has 3 atom stereocenters. The number of carbonyl (C=O) groups excluding carboxylic acids is 2. The first-order valence-corrected chi connectivity index (χ1v) is 7.01. The Morgan fingerprint density at radius 2 is 1.95 bits per heavy atom. The van der Waals surface area contributed by atoms with Gasteiger partial charge in [-0.1, -0.05) is 0 Å². The number of alkyl halides is 2. The molecule has 2 aliphatic rings. The van der Waals surface area contributed by atoms with E-state index in [2.05, 4.69) is 4.74 Å². The number of hydrogen-bond donors (Lipinski definition) is 0. The molecule has 1 saturated carbocycles. The zero-order valence-corrected chi connectivity index (χ0v) is 12.7. The molecule has 1 heterocycles. The van der Waals surface area contributed by atoms with E-state index in [0.29, 0.717) is 0 Å². The summed E-state index contributed by atoms with van der Waals surface area (Å²) >= 11 is 0. The third kappa shape index (κ3) is 3.11. The summed E-state index contributed by atoms with van der Waals surface area (Å²) in [5, 5.41) is 0. The summed E-state index contributed by atoms with van der Waals surface area (Å²) in [6.45, 7) is 5.13. The number of fused-ring (bicyclic) bond motifs is 2. The molecule has 1 aliphatic carbocycles. The fraction of sp³-hybridized carbons (Fsp3) is 0.857. The molecule has 2 rings (SSSR count). The van der Waals surface area contributed by atoms with Crippen molar-refractivity contribution in [2.45, 2.75) is 63.6 Å². The Labute approximate surface area is 122 Å². The topological polar surface area (TPSA) is 55.8 Å². The quantitative estimate of drug-likeness (QED) is 0.736. The molecule has 1 saturated heterocycles. The highest BCUT2D eigenvalue weighted by molar-refractivity contribution is 5.74. The summed E-state index contributed by atoms with van der Waals surface area (Å²) in [7, 11) is 1.20. The average molecular weight is 305 g/mol. The van der Waals surface area contributed by atoms with Gasteiger partial charge in [0.15, 0.2) is 0 Å². The van der Waals surface area contributed by atoms with Gasteiger partial charge in [-0.2, -0.15) is 0 Å². The van der Waals surface area contributed by atoms with E-state index in [0.717, 1.165) is 0 Å². The molecule has 2 bridgehead atoms. The monoisotopic (exact) mass is 305 g/mol. The summed E-state index contributed by atoms with van der Waals surface area (Å²) in [5.41, 5.74) is -0.711. The van der Waals surface area contributed by atoms with Crippen LogP contribution in [0.1, 0.15) is 40.0 Å². The predicted molar refractivity (Wildman–Crippen MR) is 70.0 cm³/mol. The van der Waals surface area contributed by atoms with E-state index in [1.165, 1.54) is 12.0 Å². The molecule has 1 amide bonds. The van der Waals surface area contributed by atoms with E-state index in [9.17, 15) is 18.4 Å². The normalized spacial score (nSPS) is 30.4. The van der Waals surface area contributed by atoms with E-state index >= 15 is 0 Å². The predicted octanol–water partition coefficient (Wildman–Crippen LogP) is 2.58. The summed E-state index contributed by atoms with van der Waals surface area (Å²) in [4.78, 5) is 25.0. The van der Waals surface area contributed by atoms with Crippen LogP contribution in [0.25, 0.3) is 0 Å². The molecule has 5 nitrogen and oxygen atoms in total. The molecule has 120 valence electrons. The number of halogens is 2. The fourth-order valence-corrected chi connectivity index (χ4v) is 3.22. The third-order valence-electron chi connectivity index (χ3n) is 4.00. The number of ether oxygens (including phenoxy) is 2. The Morgan fingerprint density at radius 3 is 2.48 bits per heavy atom. The summed E-state index contributed by atoms with van der Waals surface area (Å²) in [5.74, 6) is -4.45. The Hall–Kier alpha value is -1.40. The molecule has 0 radical (unpaired) electrons. The highest BCUT2D eigenvalue weighted by atomic mass is 19.3. The minimum atomic E-state index is -2.85. The smallest absolute Gasteiger partial charge is 0.410 e. The van der Waals surface area contributed by atoms with Gasteiger partial charge in [-0.25, -0.2) is 13.6 Å². The van der Waals surface area contributed by atoms with Crippen molar-refractivity contribution in [1.82, 2.24) is 4.90 Å². The Kier molecular flexibility index (Phi) is 3.88. The number of amides is 1. The molecule has 0 aromatic carbocycles. The molecule has 1 aliphatic heterocycles. The van der Waals surface area contributed by atoms with Crippen LogP contribution in [-0.2, 0) is 14.3 Å². The van der Waals surface area contributed by atoms with Crippen LogP contribution in [0.4, 0.5) is 13.6 Å².